The second-order valence-corrected chi connectivity index (χ2v) is 3.79. The zero-order valence-electron chi connectivity index (χ0n) is 9.02. The van der Waals surface area contributed by atoms with E-state index in [-0.39, 0.29) is 6.10 Å². The second-order valence-electron chi connectivity index (χ2n) is 3.79. The highest BCUT2D eigenvalue weighted by molar-refractivity contribution is 5.65. The van der Waals surface area contributed by atoms with Crippen LogP contribution in [0.2, 0.25) is 0 Å². The Balaban J connectivity index is 2.03. The van der Waals surface area contributed by atoms with Gasteiger partial charge in [-0.25, -0.2) is 4.79 Å². The van der Waals surface area contributed by atoms with E-state index in [0.717, 1.165) is 32.3 Å². The normalized spacial score (nSPS) is 20.5. The highest BCUT2D eigenvalue weighted by atomic mass is 16.5. The molecule has 1 fully saturated rings. The van der Waals surface area contributed by atoms with Crippen LogP contribution in [0.25, 0.3) is 0 Å². The summed E-state index contributed by atoms with van der Waals surface area (Å²) in [5.41, 5.74) is 0. The molecule has 0 spiro atoms. The number of nitrogens with zero attached hydrogens (tertiary/aromatic N) is 1. The largest absolute Gasteiger partial charge is 0.465 e. The van der Waals surface area contributed by atoms with Gasteiger partial charge < -0.3 is 14.7 Å². The van der Waals surface area contributed by atoms with E-state index in [1.54, 1.807) is 0 Å². The van der Waals surface area contributed by atoms with Crippen LogP contribution in [-0.2, 0) is 4.74 Å². The molecule has 1 amide bonds. The van der Waals surface area contributed by atoms with Gasteiger partial charge in [-0.15, -0.1) is 6.58 Å². The summed E-state index contributed by atoms with van der Waals surface area (Å²) in [5.74, 6) is 0. The average Bonchev–Trinajstić information content (AvgIpc) is 2.66. The molecule has 0 saturated carbocycles. The van der Waals surface area contributed by atoms with Crippen molar-refractivity contribution in [3.8, 4) is 0 Å². The number of rotatable bonds is 6. The minimum Gasteiger partial charge on any atom is -0.465 e. The standard InChI is InChI=1S/C11H19NO3/c1-2-3-4-5-8-15-10-6-7-12(9-10)11(13)14/h2,10H,1,3-9H2,(H,13,14)/t10-/m1/s1. The van der Waals surface area contributed by atoms with Gasteiger partial charge in [0.05, 0.1) is 12.6 Å². The predicted molar refractivity (Wildman–Crippen MR) is 58.0 cm³/mol. The SMILES string of the molecule is C=CCCCCO[C@@H]1CCN(C(=O)O)C1. The van der Waals surface area contributed by atoms with Gasteiger partial charge in [0.1, 0.15) is 0 Å². The number of hydrogen-bond donors (Lipinski definition) is 1. The number of allylic oxidation sites excluding steroid dienone is 1. The molecule has 1 aliphatic rings. The van der Waals surface area contributed by atoms with E-state index in [9.17, 15) is 4.79 Å². The minimum absolute atomic E-state index is 0.102. The first-order valence-electron chi connectivity index (χ1n) is 5.44. The molecule has 1 N–H and O–H groups in total. The van der Waals surface area contributed by atoms with Crippen LogP contribution in [0, 0.1) is 0 Å². The molecule has 86 valence electrons. The van der Waals surface area contributed by atoms with Crippen molar-refractivity contribution in [3.05, 3.63) is 12.7 Å². The molecule has 0 aromatic heterocycles. The number of likely N-dealkylation sites (tertiary alicyclic amines) is 1. The van der Waals surface area contributed by atoms with Gasteiger partial charge in [-0.3, -0.25) is 0 Å². The van der Waals surface area contributed by atoms with E-state index in [0.29, 0.717) is 13.1 Å². The van der Waals surface area contributed by atoms with Crippen molar-refractivity contribution in [2.45, 2.75) is 31.8 Å². The molecule has 0 bridgehead atoms. The van der Waals surface area contributed by atoms with Crippen LogP contribution >= 0.6 is 0 Å². The third-order valence-electron chi connectivity index (χ3n) is 2.57. The topological polar surface area (TPSA) is 49.8 Å². The number of carbonyl (C=O) groups is 1. The zero-order chi connectivity index (χ0) is 11.1. The molecule has 0 aromatic rings. The zero-order valence-corrected chi connectivity index (χ0v) is 9.02. The summed E-state index contributed by atoms with van der Waals surface area (Å²) < 4.78 is 5.59. The van der Waals surface area contributed by atoms with Crippen molar-refractivity contribution < 1.29 is 14.6 Å². The van der Waals surface area contributed by atoms with E-state index < -0.39 is 6.09 Å². The Kier molecular flexibility index (Phi) is 5.18. The van der Waals surface area contributed by atoms with Crippen LogP contribution in [0.5, 0.6) is 0 Å². The van der Waals surface area contributed by atoms with Crippen LogP contribution in [-0.4, -0.2) is 41.9 Å². The van der Waals surface area contributed by atoms with E-state index in [1.807, 2.05) is 6.08 Å². The quantitative estimate of drug-likeness (QED) is 0.543. The first-order chi connectivity index (χ1) is 7.24. The summed E-state index contributed by atoms with van der Waals surface area (Å²) >= 11 is 0. The predicted octanol–water partition coefficient (Wildman–Crippen LogP) is 2.11. The Morgan fingerprint density at radius 1 is 1.60 bits per heavy atom. The van der Waals surface area contributed by atoms with Crippen LogP contribution < -0.4 is 0 Å². The van der Waals surface area contributed by atoms with Gasteiger partial charge in [0.15, 0.2) is 0 Å². The molecule has 15 heavy (non-hydrogen) atoms. The first kappa shape index (κ1) is 12.0. The van der Waals surface area contributed by atoms with Crippen LogP contribution in [0.4, 0.5) is 4.79 Å². The van der Waals surface area contributed by atoms with E-state index in [4.69, 9.17) is 9.84 Å². The lowest BCUT2D eigenvalue weighted by Crippen LogP contribution is -2.28. The van der Waals surface area contributed by atoms with Crippen molar-refractivity contribution in [2.24, 2.45) is 0 Å². The maximum Gasteiger partial charge on any atom is 0.407 e. The first-order valence-corrected chi connectivity index (χ1v) is 5.44. The molecule has 1 heterocycles. The van der Waals surface area contributed by atoms with Crippen molar-refractivity contribution in [1.29, 1.82) is 0 Å². The molecule has 1 aliphatic heterocycles. The summed E-state index contributed by atoms with van der Waals surface area (Å²) in [6.45, 7) is 5.51. The molecule has 0 radical (unpaired) electrons. The van der Waals surface area contributed by atoms with E-state index in [1.165, 1.54) is 4.90 Å². The number of unbranched alkanes of at least 4 members (excludes halogenated alkanes) is 2. The molecule has 1 saturated heterocycles. The minimum atomic E-state index is -0.840. The summed E-state index contributed by atoms with van der Waals surface area (Å²) in [6, 6.07) is 0. The lowest BCUT2D eigenvalue weighted by atomic mass is 10.2. The molecule has 0 aromatic carbocycles. The highest BCUT2D eigenvalue weighted by Crippen LogP contribution is 2.13. The van der Waals surface area contributed by atoms with Crippen LogP contribution in [0.15, 0.2) is 12.7 Å². The van der Waals surface area contributed by atoms with Gasteiger partial charge in [-0.1, -0.05) is 6.08 Å². The van der Waals surface area contributed by atoms with Gasteiger partial charge in [0.25, 0.3) is 0 Å². The second kappa shape index (κ2) is 6.45. The van der Waals surface area contributed by atoms with Crippen LogP contribution in [0.3, 0.4) is 0 Å². The summed E-state index contributed by atoms with van der Waals surface area (Å²) in [7, 11) is 0. The van der Waals surface area contributed by atoms with Gasteiger partial charge >= 0.3 is 6.09 Å². The van der Waals surface area contributed by atoms with Gasteiger partial charge in [-0.2, -0.15) is 0 Å². The fourth-order valence-electron chi connectivity index (χ4n) is 1.68. The third-order valence-corrected chi connectivity index (χ3v) is 2.57. The summed E-state index contributed by atoms with van der Waals surface area (Å²) in [5, 5.41) is 8.73. The molecule has 0 unspecified atom stereocenters. The summed E-state index contributed by atoms with van der Waals surface area (Å²) in [6.07, 6.45) is 5.14. The van der Waals surface area contributed by atoms with Crippen molar-refractivity contribution in [2.75, 3.05) is 19.7 Å². The van der Waals surface area contributed by atoms with E-state index in [2.05, 4.69) is 6.58 Å². The Bertz CT molecular complexity index is 218. The van der Waals surface area contributed by atoms with Crippen LogP contribution in [0.1, 0.15) is 25.7 Å². The van der Waals surface area contributed by atoms with Gasteiger partial charge in [0.2, 0.25) is 0 Å². The smallest absolute Gasteiger partial charge is 0.407 e. The number of hydrogen-bond acceptors (Lipinski definition) is 2. The molecule has 1 rings (SSSR count). The monoisotopic (exact) mass is 213 g/mol. The van der Waals surface area contributed by atoms with Gasteiger partial charge in [0, 0.05) is 13.2 Å². The number of amides is 1. The Labute approximate surface area is 90.5 Å². The molecular formula is C11H19NO3. The van der Waals surface area contributed by atoms with Crippen molar-refractivity contribution >= 4 is 6.09 Å². The lowest BCUT2D eigenvalue weighted by molar-refractivity contribution is 0.0564. The Morgan fingerprint density at radius 3 is 3.00 bits per heavy atom. The number of carboxylic acid groups (broad SMARTS) is 1. The summed E-state index contributed by atoms with van der Waals surface area (Å²) in [4.78, 5) is 12.0. The molecule has 0 aliphatic carbocycles. The van der Waals surface area contributed by atoms with E-state index >= 15 is 0 Å². The van der Waals surface area contributed by atoms with Crippen molar-refractivity contribution in [3.63, 3.8) is 0 Å². The molecular weight excluding hydrogens is 194 g/mol. The molecule has 1 atom stereocenters. The molecule has 4 nitrogen and oxygen atoms in total. The van der Waals surface area contributed by atoms with Gasteiger partial charge in [-0.05, 0) is 25.7 Å². The highest BCUT2D eigenvalue weighted by Gasteiger charge is 2.25. The fraction of sp³-hybridized carbons (Fsp3) is 0.727. The Morgan fingerprint density at radius 2 is 2.40 bits per heavy atom. The maximum absolute atomic E-state index is 10.6. The fourth-order valence-corrected chi connectivity index (χ4v) is 1.68. The average molecular weight is 213 g/mol. The Hall–Kier alpha value is -1.03. The third kappa shape index (κ3) is 4.34. The maximum atomic E-state index is 10.6. The van der Waals surface area contributed by atoms with Crippen molar-refractivity contribution in [1.82, 2.24) is 4.90 Å². The lowest BCUT2D eigenvalue weighted by Gasteiger charge is -2.12. The number of ether oxygens (including phenoxy) is 1. The molecule has 4 heteroatoms.